The van der Waals surface area contributed by atoms with E-state index in [1.54, 1.807) is 12.1 Å². The number of carbonyl (C=O) groups excluding carboxylic acids is 1. The Balaban J connectivity index is 2.37. The van der Waals surface area contributed by atoms with Crippen LogP contribution < -0.4 is 4.90 Å². The normalized spacial score (nSPS) is 19.0. The summed E-state index contributed by atoms with van der Waals surface area (Å²) >= 11 is 0. The molecule has 1 amide bonds. The fraction of sp³-hybridized carbons (Fsp3) is 0.250. The van der Waals surface area contributed by atoms with Crippen molar-refractivity contribution in [3.8, 4) is 0 Å². The van der Waals surface area contributed by atoms with Crippen molar-refractivity contribution >= 4 is 23.5 Å². The molecular formula is C12H11NO5. The molecule has 6 nitrogen and oxygen atoms in total. The number of nitrogens with zero attached hydrogens (tertiary/aromatic N) is 1. The molecule has 6 heteroatoms. The summed E-state index contributed by atoms with van der Waals surface area (Å²) in [6, 6.07) is 6.07. The standard InChI is InChI=1S/C12H11NO5/c14-10-8(12(17)18)5-6-13(10)9-4-2-1-3-7(9)11(15)16/h1-4,8H,5-6H2,(H,15,16)(H,17,18). The van der Waals surface area contributed by atoms with E-state index in [4.69, 9.17) is 10.2 Å². The summed E-state index contributed by atoms with van der Waals surface area (Å²) in [5.41, 5.74) is 0.246. The Morgan fingerprint density at radius 1 is 1.22 bits per heavy atom. The topological polar surface area (TPSA) is 94.9 Å². The number of aliphatic carboxylic acids is 1. The smallest absolute Gasteiger partial charge is 0.337 e. The van der Waals surface area contributed by atoms with E-state index in [0.29, 0.717) is 0 Å². The van der Waals surface area contributed by atoms with Crippen LogP contribution in [-0.2, 0) is 9.59 Å². The summed E-state index contributed by atoms with van der Waals surface area (Å²) < 4.78 is 0. The molecule has 0 bridgehead atoms. The molecule has 1 heterocycles. The molecule has 0 aromatic heterocycles. The van der Waals surface area contributed by atoms with Crippen LogP contribution in [0.15, 0.2) is 24.3 Å². The first-order valence-corrected chi connectivity index (χ1v) is 5.39. The van der Waals surface area contributed by atoms with E-state index in [-0.39, 0.29) is 24.2 Å². The van der Waals surface area contributed by atoms with Crippen molar-refractivity contribution in [1.29, 1.82) is 0 Å². The molecule has 2 rings (SSSR count). The summed E-state index contributed by atoms with van der Waals surface area (Å²) in [4.78, 5) is 35.0. The van der Waals surface area contributed by atoms with E-state index < -0.39 is 23.8 Å². The lowest BCUT2D eigenvalue weighted by molar-refractivity contribution is -0.144. The van der Waals surface area contributed by atoms with Crippen LogP contribution in [0.5, 0.6) is 0 Å². The predicted molar refractivity (Wildman–Crippen MR) is 61.5 cm³/mol. The molecule has 1 saturated heterocycles. The molecule has 1 atom stereocenters. The lowest BCUT2D eigenvalue weighted by Gasteiger charge is -2.18. The molecule has 94 valence electrons. The highest BCUT2D eigenvalue weighted by molar-refractivity contribution is 6.10. The van der Waals surface area contributed by atoms with Gasteiger partial charge in [-0.3, -0.25) is 9.59 Å². The van der Waals surface area contributed by atoms with Gasteiger partial charge in [-0.05, 0) is 18.6 Å². The van der Waals surface area contributed by atoms with Gasteiger partial charge in [0.05, 0.1) is 11.3 Å². The Bertz CT molecular complexity index is 525. The molecule has 0 aliphatic carbocycles. The van der Waals surface area contributed by atoms with E-state index in [2.05, 4.69) is 0 Å². The SMILES string of the molecule is O=C(O)c1ccccc1N1CCC(C(=O)O)C1=O. The summed E-state index contributed by atoms with van der Waals surface area (Å²) in [5.74, 6) is -3.95. The third-order valence-corrected chi connectivity index (χ3v) is 2.93. The van der Waals surface area contributed by atoms with Crippen LogP contribution in [0.4, 0.5) is 5.69 Å². The molecule has 1 unspecified atom stereocenters. The average molecular weight is 249 g/mol. The molecule has 1 aliphatic heterocycles. The number of anilines is 1. The van der Waals surface area contributed by atoms with Crippen LogP contribution in [-0.4, -0.2) is 34.6 Å². The van der Waals surface area contributed by atoms with Crippen LogP contribution in [0, 0.1) is 5.92 Å². The number of carboxylic acid groups (broad SMARTS) is 2. The Labute approximate surface area is 102 Å². The van der Waals surface area contributed by atoms with Gasteiger partial charge in [-0.1, -0.05) is 12.1 Å². The number of benzene rings is 1. The van der Waals surface area contributed by atoms with Gasteiger partial charge >= 0.3 is 11.9 Å². The molecular weight excluding hydrogens is 238 g/mol. The minimum absolute atomic E-state index is 0.00288. The summed E-state index contributed by atoms with van der Waals surface area (Å²) in [6.45, 7) is 0.222. The summed E-state index contributed by atoms with van der Waals surface area (Å²) in [7, 11) is 0. The number of carboxylic acids is 2. The largest absolute Gasteiger partial charge is 0.481 e. The van der Waals surface area contributed by atoms with E-state index >= 15 is 0 Å². The lowest BCUT2D eigenvalue weighted by atomic mass is 10.1. The van der Waals surface area contributed by atoms with E-state index in [1.807, 2.05) is 0 Å². The molecule has 1 fully saturated rings. The third kappa shape index (κ3) is 1.92. The van der Waals surface area contributed by atoms with Gasteiger partial charge < -0.3 is 15.1 Å². The molecule has 1 aromatic rings. The number of amides is 1. The zero-order valence-electron chi connectivity index (χ0n) is 9.37. The highest BCUT2D eigenvalue weighted by Crippen LogP contribution is 2.28. The second-order valence-corrected chi connectivity index (χ2v) is 3.99. The van der Waals surface area contributed by atoms with Gasteiger partial charge in [-0.2, -0.15) is 0 Å². The van der Waals surface area contributed by atoms with Crippen molar-refractivity contribution in [2.24, 2.45) is 5.92 Å². The van der Waals surface area contributed by atoms with E-state index in [1.165, 1.54) is 17.0 Å². The molecule has 1 aliphatic rings. The summed E-state index contributed by atoms with van der Waals surface area (Å²) in [5, 5.41) is 17.9. The Morgan fingerprint density at radius 2 is 1.89 bits per heavy atom. The minimum atomic E-state index is -1.17. The van der Waals surface area contributed by atoms with Crippen molar-refractivity contribution in [2.45, 2.75) is 6.42 Å². The highest BCUT2D eigenvalue weighted by Gasteiger charge is 2.38. The fourth-order valence-electron chi connectivity index (χ4n) is 2.04. The quantitative estimate of drug-likeness (QED) is 0.773. The van der Waals surface area contributed by atoms with Gasteiger partial charge in [0.25, 0.3) is 0 Å². The van der Waals surface area contributed by atoms with Crippen LogP contribution in [0.2, 0.25) is 0 Å². The Morgan fingerprint density at radius 3 is 2.44 bits per heavy atom. The molecule has 18 heavy (non-hydrogen) atoms. The first-order chi connectivity index (χ1) is 8.52. The van der Waals surface area contributed by atoms with Crippen molar-refractivity contribution in [1.82, 2.24) is 0 Å². The first kappa shape index (κ1) is 12.1. The summed E-state index contributed by atoms with van der Waals surface area (Å²) in [6.07, 6.45) is 0.197. The molecule has 1 aromatic carbocycles. The zero-order valence-corrected chi connectivity index (χ0v) is 9.37. The van der Waals surface area contributed by atoms with Crippen LogP contribution in [0.1, 0.15) is 16.8 Å². The van der Waals surface area contributed by atoms with Crippen molar-refractivity contribution in [2.75, 3.05) is 11.4 Å². The van der Waals surface area contributed by atoms with Gasteiger partial charge in [-0.15, -0.1) is 0 Å². The van der Waals surface area contributed by atoms with Crippen LogP contribution in [0.25, 0.3) is 0 Å². The number of aromatic carboxylic acids is 1. The number of hydrogen-bond donors (Lipinski definition) is 2. The third-order valence-electron chi connectivity index (χ3n) is 2.93. The number of para-hydroxylation sites is 1. The maximum absolute atomic E-state index is 11.9. The highest BCUT2D eigenvalue weighted by atomic mass is 16.4. The number of carbonyl (C=O) groups is 3. The maximum atomic E-state index is 11.9. The molecule has 2 N–H and O–H groups in total. The predicted octanol–water partition coefficient (Wildman–Crippen LogP) is 0.822. The van der Waals surface area contributed by atoms with Crippen molar-refractivity contribution in [3.63, 3.8) is 0 Å². The second-order valence-electron chi connectivity index (χ2n) is 3.99. The second kappa shape index (κ2) is 4.48. The zero-order chi connectivity index (χ0) is 13.3. The average Bonchev–Trinajstić information content (AvgIpc) is 2.71. The van der Waals surface area contributed by atoms with Gasteiger partial charge in [0, 0.05) is 6.54 Å². The fourth-order valence-corrected chi connectivity index (χ4v) is 2.04. The van der Waals surface area contributed by atoms with E-state index in [0.717, 1.165) is 0 Å². The Kier molecular flexibility index (Phi) is 3.01. The number of hydrogen-bond acceptors (Lipinski definition) is 3. The van der Waals surface area contributed by atoms with Crippen LogP contribution >= 0.6 is 0 Å². The van der Waals surface area contributed by atoms with Gasteiger partial charge in [0.15, 0.2) is 0 Å². The number of rotatable bonds is 3. The van der Waals surface area contributed by atoms with Gasteiger partial charge in [-0.25, -0.2) is 4.79 Å². The minimum Gasteiger partial charge on any atom is -0.481 e. The molecule has 0 spiro atoms. The van der Waals surface area contributed by atoms with E-state index in [9.17, 15) is 14.4 Å². The first-order valence-electron chi connectivity index (χ1n) is 5.39. The molecule has 0 saturated carbocycles. The monoisotopic (exact) mass is 249 g/mol. The van der Waals surface area contributed by atoms with Gasteiger partial charge in [0.2, 0.25) is 5.91 Å². The lowest BCUT2D eigenvalue weighted by Crippen LogP contribution is -2.31. The molecule has 0 radical (unpaired) electrons. The van der Waals surface area contributed by atoms with Crippen molar-refractivity contribution < 1.29 is 24.6 Å². The Hall–Kier alpha value is -2.37. The van der Waals surface area contributed by atoms with Gasteiger partial charge in [0.1, 0.15) is 5.92 Å². The van der Waals surface area contributed by atoms with Crippen molar-refractivity contribution in [3.05, 3.63) is 29.8 Å². The van der Waals surface area contributed by atoms with Crippen LogP contribution in [0.3, 0.4) is 0 Å². The maximum Gasteiger partial charge on any atom is 0.337 e.